The molecule has 0 aliphatic heterocycles. The number of hydrogen-bond acceptors (Lipinski definition) is 3. The van der Waals surface area contributed by atoms with Gasteiger partial charge in [-0.25, -0.2) is 5.84 Å². The fraction of sp³-hybridized carbons (Fsp3) is 0.900. The van der Waals surface area contributed by atoms with E-state index < -0.39 is 0 Å². The van der Waals surface area contributed by atoms with E-state index in [-0.39, 0.29) is 11.9 Å². The standard InChI is InChI=1S/C10H23N3O/c1-4-6-7-13(5-2)9(3)8-10(14)12-11/h9H,4-8,11H2,1-3H3,(H,12,14). The zero-order chi connectivity index (χ0) is 11.0. The van der Waals surface area contributed by atoms with Crippen LogP contribution in [0, 0.1) is 0 Å². The summed E-state index contributed by atoms with van der Waals surface area (Å²) in [4.78, 5) is 13.4. The van der Waals surface area contributed by atoms with Crippen molar-refractivity contribution in [3.63, 3.8) is 0 Å². The largest absolute Gasteiger partial charge is 0.300 e. The van der Waals surface area contributed by atoms with Gasteiger partial charge in [-0.15, -0.1) is 0 Å². The number of nitrogens with two attached hydrogens (primary N) is 1. The van der Waals surface area contributed by atoms with E-state index in [1.165, 1.54) is 12.8 Å². The molecule has 4 heteroatoms. The molecule has 0 spiro atoms. The van der Waals surface area contributed by atoms with Gasteiger partial charge in [0.05, 0.1) is 0 Å². The number of rotatable bonds is 7. The number of carbonyl (C=O) groups is 1. The normalized spacial score (nSPS) is 12.9. The smallest absolute Gasteiger partial charge is 0.235 e. The van der Waals surface area contributed by atoms with Crippen molar-refractivity contribution in [2.75, 3.05) is 13.1 Å². The van der Waals surface area contributed by atoms with E-state index in [0.717, 1.165) is 13.1 Å². The lowest BCUT2D eigenvalue weighted by molar-refractivity contribution is -0.122. The van der Waals surface area contributed by atoms with Gasteiger partial charge in [0.2, 0.25) is 5.91 Å². The van der Waals surface area contributed by atoms with Crippen molar-refractivity contribution in [3.05, 3.63) is 0 Å². The van der Waals surface area contributed by atoms with Gasteiger partial charge in [0.15, 0.2) is 0 Å². The lowest BCUT2D eigenvalue weighted by atomic mass is 10.2. The Morgan fingerprint density at radius 3 is 2.57 bits per heavy atom. The molecule has 4 nitrogen and oxygen atoms in total. The Hall–Kier alpha value is -0.610. The van der Waals surface area contributed by atoms with Crippen LogP contribution in [0.2, 0.25) is 0 Å². The van der Waals surface area contributed by atoms with Crippen LogP contribution in [0.4, 0.5) is 0 Å². The SMILES string of the molecule is CCCCN(CC)C(C)CC(=O)NN. The maximum absolute atomic E-state index is 11.1. The molecule has 0 fully saturated rings. The summed E-state index contributed by atoms with van der Waals surface area (Å²) in [5.41, 5.74) is 2.17. The van der Waals surface area contributed by atoms with Crippen molar-refractivity contribution in [1.29, 1.82) is 0 Å². The lowest BCUT2D eigenvalue weighted by Gasteiger charge is -2.26. The van der Waals surface area contributed by atoms with Crippen LogP contribution in [0.1, 0.15) is 40.0 Å². The molecule has 14 heavy (non-hydrogen) atoms. The fourth-order valence-electron chi connectivity index (χ4n) is 1.51. The third-order valence-electron chi connectivity index (χ3n) is 2.47. The minimum atomic E-state index is -0.0903. The summed E-state index contributed by atoms with van der Waals surface area (Å²) < 4.78 is 0. The quantitative estimate of drug-likeness (QED) is 0.365. The van der Waals surface area contributed by atoms with E-state index in [1.807, 2.05) is 0 Å². The van der Waals surface area contributed by atoms with Crippen molar-refractivity contribution >= 4 is 5.91 Å². The van der Waals surface area contributed by atoms with Crippen LogP contribution >= 0.6 is 0 Å². The van der Waals surface area contributed by atoms with E-state index in [4.69, 9.17) is 5.84 Å². The van der Waals surface area contributed by atoms with Crippen LogP contribution in [0.3, 0.4) is 0 Å². The molecule has 0 aliphatic rings. The lowest BCUT2D eigenvalue weighted by Crippen LogP contribution is -2.40. The van der Waals surface area contributed by atoms with Gasteiger partial charge in [0.25, 0.3) is 0 Å². The fourth-order valence-corrected chi connectivity index (χ4v) is 1.51. The van der Waals surface area contributed by atoms with Crippen LogP contribution < -0.4 is 11.3 Å². The average molecular weight is 201 g/mol. The predicted octanol–water partition coefficient (Wildman–Crippen LogP) is 0.877. The summed E-state index contributed by atoms with van der Waals surface area (Å²) >= 11 is 0. The molecule has 0 heterocycles. The highest BCUT2D eigenvalue weighted by Gasteiger charge is 2.14. The second-order valence-electron chi connectivity index (χ2n) is 3.60. The number of hydrazine groups is 1. The Kier molecular flexibility index (Phi) is 7.42. The van der Waals surface area contributed by atoms with Gasteiger partial charge in [-0.1, -0.05) is 20.3 Å². The molecule has 0 rings (SSSR count). The molecule has 1 atom stereocenters. The van der Waals surface area contributed by atoms with Crippen molar-refractivity contribution in [2.45, 2.75) is 46.1 Å². The highest BCUT2D eigenvalue weighted by Crippen LogP contribution is 2.05. The third kappa shape index (κ3) is 5.19. The molecule has 0 radical (unpaired) electrons. The molecule has 0 saturated carbocycles. The first kappa shape index (κ1) is 13.4. The highest BCUT2D eigenvalue weighted by atomic mass is 16.2. The summed E-state index contributed by atoms with van der Waals surface area (Å²) in [7, 11) is 0. The molecule has 3 N–H and O–H groups in total. The molecule has 0 aromatic heterocycles. The first-order chi connectivity index (χ1) is 6.65. The average Bonchev–Trinajstić information content (AvgIpc) is 2.18. The molecule has 84 valence electrons. The van der Waals surface area contributed by atoms with Gasteiger partial charge in [-0.05, 0) is 26.4 Å². The Morgan fingerprint density at radius 2 is 2.14 bits per heavy atom. The van der Waals surface area contributed by atoms with E-state index in [9.17, 15) is 4.79 Å². The topological polar surface area (TPSA) is 58.4 Å². The molecule has 0 saturated heterocycles. The van der Waals surface area contributed by atoms with Crippen LogP contribution in [0.25, 0.3) is 0 Å². The van der Waals surface area contributed by atoms with E-state index in [2.05, 4.69) is 31.1 Å². The Morgan fingerprint density at radius 1 is 1.50 bits per heavy atom. The van der Waals surface area contributed by atoms with Gasteiger partial charge in [-0.3, -0.25) is 10.2 Å². The third-order valence-corrected chi connectivity index (χ3v) is 2.47. The zero-order valence-corrected chi connectivity index (χ0v) is 9.55. The number of nitrogens with zero attached hydrogens (tertiary/aromatic N) is 1. The van der Waals surface area contributed by atoms with Gasteiger partial charge < -0.3 is 4.90 Å². The number of unbranched alkanes of at least 4 members (excludes halogenated alkanes) is 1. The van der Waals surface area contributed by atoms with Crippen LogP contribution in [0.15, 0.2) is 0 Å². The first-order valence-corrected chi connectivity index (χ1v) is 5.39. The Balaban J connectivity index is 3.90. The molecule has 1 amide bonds. The summed E-state index contributed by atoms with van der Waals surface area (Å²) in [5.74, 6) is 4.95. The molecule has 0 aliphatic carbocycles. The number of carbonyl (C=O) groups excluding carboxylic acids is 1. The van der Waals surface area contributed by atoms with E-state index in [0.29, 0.717) is 6.42 Å². The zero-order valence-electron chi connectivity index (χ0n) is 9.55. The summed E-state index contributed by atoms with van der Waals surface area (Å²) in [6, 6.07) is 0.273. The molecular weight excluding hydrogens is 178 g/mol. The molecule has 0 aromatic rings. The molecule has 0 bridgehead atoms. The summed E-state index contributed by atoms with van der Waals surface area (Å²) in [6.45, 7) is 8.40. The van der Waals surface area contributed by atoms with Gasteiger partial charge in [0, 0.05) is 12.5 Å². The highest BCUT2D eigenvalue weighted by molar-refractivity contribution is 5.75. The Bertz CT molecular complexity index is 161. The van der Waals surface area contributed by atoms with Crippen LogP contribution in [-0.4, -0.2) is 29.9 Å². The number of amides is 1. The van der Waals surface area contributed by atoms with Crippen LogP contribution in [-0.2, 0) is 4.79 Å². The minimum Gasteiger partial charge on any atom is -0.300 e. The number of nitrogens with one attached hydrogen (secondary N) is 1. The maximum atomic E-state index is 11.1. The maximum Gasteiger partial charge on any atom is 0.235 e. The Labute approximate surface area is 86.8 Å². The number of hydrogen-bond donors (Lipinski definition) is 2. The van der Waals surface area contributed by atoms with Crippen molar-refractivity contribution in [3.8, 4) is 0 Å². The molecular formula is C10H23N3O. The molecule has 0 aromatic carbocycles. The predicted molar refractivity (Wildman–Crippen MR) is 58.6 cm³/mol. The van der Waals surface area contributed by atoms with Gasteiger partial charge >= 0.3 is 0 Å². The van der Waals surface area contributed by atoms with Gasteiger partial charge in [0.1, 0.15) is 0 Å². The van der Waals surface area contributed by atoms with E-state index in [1.54, 1.807) is 0 Å². The van der Waals surface area contributed by atoms with Crippen molar-refractivity contribution in [2.24, 2.45) is 5.84 Å². The summed E-state index contributed by atoms with van der Waals surface area (Å²) in [6.07, 6.45) is 2.85. The molecule has 1 unspecified atom stereocenters. The minimum absolute atomic E-state index is 0.0903. The van der Waals surface area contributed by atoms with Crippen molar-refractivity contribution < 1.29 is 4.79 Å². The monoisotopic (exact) mass is 201 g/mol. The van der Waals surface area contributed by atoms with E-state index >= 15 is 0 Å². The second-order valence-corrected chi connectivity index (χ2v) is 3.60. The van der Waals surface area contributed by atoms with Crippen LogP contribution in [0.5, 0.6) is 0 Å². The summed E-state index contributed by atoms with van der Waals surface area (Å²) in [5, 5.41) is 0. The van der Waals surface area contributed by atoms with Crippen molar-refractivity contribution in [1.82, 2.24) is 10.3 Å². The second kappa shape index (κ2) is 7.76. The van der Waals surface area contributed by atoms with Gasteiger partial charge in [-0.2, -0.15) is 0 Å². The first-order valence-electron chi connectivity index (χ1n) is 5.39.